The van der Waals surface area contributed by atoms with Gasteiger partial charge in [0.25, 0.3) is 5.56 Å². The van der Waals surface area contributed by atoms with Crippen LogP contribution in [-0.4, -0.2) is 53.4 Å². The number of rotatable bonds is 5. The first-order valence-corrected chi connectivity index (χ1v) is 9.06. The van der Waals surface area contributed by atoms with Gasteiger partial charge in [-0.25, -0.2) is 0 Å². The molecule has 2 aromatic rings. The highest BCUT2D eigenvalue weighted by molar-refractivity contribution is 5.80. The normalized spacial score (nSPS) is 15.2. The number of nitriles is 1. The second-order valence-electron chi connectivity index (χ2n) is 6.84. The number of nitrogens with one attached hydrogen (secondary N) is 1. The molecule has 1 N–H and O–H groups in total. The van der Waals surface area contributed by atoms with Crippen LogP contribution >= 0.6 is 0 Å². The predicted octanol–water partition coefficient (Wildman–Crippen LogP) is 1.83. The minimum Gasteiger partial charge on any atom is -0.340 e. The number of amides is 1. The third-order valence-corrected chi connectivity index (χ3v) is 4.95. The van der Waals surface area contributed by atoms with Crippen LogP contribution < -0.4 is 5.56 Å². The van der Waals surface area contributed by atoms with Crippen molar-refractivity contribution < 1.29 is 4.79 Å². The number of hydrogen-bond acceptors (Lipinski definition) is 4. The second kappa shape index (κ2) is 8.15. The molecule has 6 heteroatoms. The van der Waals surface area contributed by atoms with Gasteiger partial charge in [0.15, 0.2) is 0 Å². The second-order valence-corrected chi connectivity index (χ2v) is 6.84. The molecule has 1 aromatic carbocycles. The van der Waals surface area contributed by atoms with Gasteiger partial charge in [0.2, 0.25) is 5.91 Å². The van der Waals surface area contributed by atoms with Crippen molar-refractivity contribution in [1.82, 2.24) is 14.8 Å². The van der Waals surface area contributed by atoms with E-state index in [1.54, 1.807) is 0 Å². The Morgan fingerprint density at radius 1 is 1.23 bits per heavy atom. The van der Waals surface area contributed by atoms with E-state index in [-0.39, 0.29) is 11.5 Å². The highest BCUT2D eigenvalue weighted by Crippen LogP contribution is 2.14. The summed E-state index contributed by atoms with van der Waals surface area (Å²) in [6, 6.07) is 10.0. The van der Waals surface area contributed by atoms with Crippen LogP contribution in [0.5, 0.6) is 0 Å². The van der Waals surface area contributed by atoms with Gasteiger partial charge in [0, 0.05) is 56.6 Å². The lowest BCUT2D eigenvalue weighted by molar-refractivity contribution is -0.132. The standard InChI is InChI=1S/C20H24N4O2/c1-15-3-4-16-14-17(20(26)22-18(16)13-15)5-6-19(25)24-11-9-23(10-12-24)8-2-7-21/h3-4,13-14H,2,5-6,8-12H2,1H3,(H,22,26). The Morgan fingerprint density at radius 3 is 2.73 bits per heavy atom. The first kappa shape index (κ1) is 18.2. The molecule has 1 amide bonds. The Labute approximate surface area is 153 Å². The maximum atomic E-state index is 12.5. The van der Waals surface area contributed by atoms with Crippen LogP contribution in [0.3, 0.4) is 0 Å². The van der Waals surface area contributed by atoms with Gasteiger partial charge in [0.1, 0.15) is 0 Å². The molecule has 26 heavy (non-hydrogen) atoms. The molecule has 2 heterocycles. The molecule has 1 aromatic heterocycles. The first-order valence-electron chi connectivity index (χ1n) is 9.06. The Morgan fingerprint density at radius 2 is 2.00 bits per heavy atom. The average Bonchev–Trinajstić information content (AvgIpc) is 2.65. The monoisotopic (exact) mass is 352 g/mol. The summed E-state index contributed by atoms with van der Waals surface area (Å²) in [4.78, 5) is 31.7. The van der Waals surface area contributed by atoms with E-state index < -0.39 is 0 Å². The Balaban J connectivity index is 1.57. The zero-order chi connectivity index (χ0) is 18.5. The number of carbonyl (C=O) groups is 1. The van der Waals surface area contributed by atoms with Gasteiger partial charge in [-0.05, 0) is 36.4 Å². The molecule has 0 aliphatic carbocycles. The van der Waals surface area contributed by atoms with E-state index in [1.165, 1.54) is 0 Å². The number of carbonyl (C=O) groups excluding carboxylic acids is 1. The third kappa shape index (κ3) is 4.30. The fourth-order valence-corrected chi connectivity index (χ4v) is 3.37. The summed E-state index contributed by atoms with van der Waals surface area (Å²) in [5, 5.41) is 9.64. The largest absolute Gasteiger partial charge is 0.340 e. The number of aryl methyl sites for hydroxylation is 2. The van der Waals surface area contributed by atoms with Crippen LogP contribution in [0.2, 0.25) is 0 Å². The summed E-state index contributed by atoms with van der Waals surface area (Å²) < 4.78 is 0. The van der Waals surface area contributed by atoms with Crippen molar-refractivity contribution in [2.24, 2.45) is 0 Å². The summed E-state index contributed by atoms with van der Waals surface area (Å²) in [6.07, 6.45) is 1.32. The molecule has 0 bridgehead atoms. The summed E-state index contributed by atoms with van der Waals surface area (Å²) >= 11 is 0. The van der Waals surface area contributed by atoms with Crippen molar-refractivity contribution >= 4 is 16.8 Å². The zero-order valence-electron chi connectivity index (χ0n) is 15.1. The van der Waals surface area contributed by atoms with Crippen molar-refractivity contribution in [2.45, 2.75) is 26.2 Å². The summed E-state index contributed by atoms with van der Waals surface area (Å²) in [5.41, 5.74) is 2.48. The van der Waals surface area contributed by atoms with Crippen molar-refractivity contribution in [2.75, 3.05) is 32.7 Å². The average molecular weight is 352 g/mol. The molecule has 0 saturated carbocycles. The molecule has 136 valence electrons. The number of fused-ring (bicyclic) bond motifs is 1. The van der Waals surface area contributed by atoms with Gasteiger partial charge < -0.3 is 9.88 Å². The minimum atomic E-state index is -0.114. The Kier molecular flexibility index (Phi) is 5.69. The number of aromatic nitrogens is 1. The molecule has 6 nitrogen and oxygen atoms in total. The van der Waals surface area contributed by atoms with Crippen LogP contribution in [0.1, 0.15) is 24.0 Å². The number of aromatic amines is 1. The fourth-order valence-electron chi connectivity index (χ4n) is 3.37. The van der Waals surface area contributed by atoms with Crippen LogP contribution in [0.15, 0.2) is 29.1 Å². The van der Waals surface area contributed by atoms with Gasteiger partial charge in [-0.15, -0.1) is 0 Å². The van der Waals surface area contributed by atoms with Gasteiger partial charge in [0.05, 0.1) is 6.07 Å². The van der Waals surface area contributed by atoms with Crippen molar-refractivity contribution in [3.63, 3.8) is 0 Å². The molecule has 0 unspecified atom stereocenters. The summed E-state index contributed by atoms with van der Waals surface area (Å²) in [6.45, 7) is 5.76. The number of hydrogen-bond donors (Lipinski definition) is 1. The SMILES string of the molecule is Cc1ccc2cc(CCC(=O)N3CCN(CCC#N)CC3)c(=O)[nH]c2c1. The highest BCUT2D eigenvalue weighted by atomic mass is 16.2. The topological polar surface area (TPSA) is 80.2 Å². The molecule has 0 atom stereocenters. The van der Waals surface area contributed by atoms with Crippen molar-refractivity contribution in [3.8, 4) is 6.07 Å². The maximum absolute atomic E-state index is 12.5. The molecular weight excluding hydrogens is 328 g/mol. The number of piperazine rings is 1. The first-order chi connectivity index (χ1) is 12.6. The van der Waals surface area contributed by atoms with Crippen LogP contribution in [0.4, 0.5) is 0 Å². The third-order valence-electron chi connectivity index (χ3n) is 4.95. The van der Waals surface area contributed by atoms with Crippen LogP contribution in [0, 0.1) is 18.3 Å². The van der Waals surface area contributed by atoms with E-state index >= 15 is 0 Å². The van der Waals surface area contributed by atoms with E-state index in [0.717, 1.165) is 36.1 Å². The van der Waals surface area contributed by atoms with Gasteiger partial charge >= 0.3 is 0 Å². The molecule has 0 radical (unpaired) electrons. The van der Waals surface area contributed by atoms with Crippen LogP contribution in [-0.2, 0) is 11.2 Å². The van der Waals surface area contributed by atoms with Crippen molar-refractivity contribution in [3.05, 3.63) is 45.7 Å². The fraction of sp³-hybridized carbons (Fsp3) is 0.450. The lowest BCUT2D eigenvalue weighted by atomic mass is 10.1. The summed E-state index contributed by atoms with van der Waals surface area (Å²) in [5.74, 6) is 0.0911. The van der Waals surface area contributed by atoms with E-state index in [2.05, 4.69) is 16.0 Å². The minimum absolute atomic E-state index is 0.0911. The van der Waals surface area contributed by atoms with Gasteiger partial charge in [-0.3, -0.25) is 14.5 Å². The smallest absolute Gasteiger partial charge is 0.251 e. The molecule has 3 rings (SSSR count). The zero-order valence-corrected chi connectivity index (χ0v) is 15.1. The summed E-state index contributed by atoms with van der Waals surface area (Å²) in [7, 11) is 0. The number of pyridine rings is 1. The molecule has 0 spiro atoms. The molecule has 1 fully saturated rings. The lowest BCUT2D eigenvalue weighted by Gasteiger charge is -2.34. The Bertz CT molecular complexity index is 889. The molecular formula is C20H24N4O2. The van der Waals surface area contributed by atoms with E-state index in [0.29, 0.717) is 37.9 Å². The maximum Gasteiger partial charge on any atom is 0.251 e. The van der Waals surface area contributed by atoms with Gasteiger partial charge in [-0.1, -0.05) is 12.1 Å². The van der Waals surface area contributed by atoms with E-state index in [4.69, 9.17) is 5.26 Å². The van der Waals surface area contributed by atoms with Gasteiger partial charge in [-0.2, -0.15) is 5.26 Å². The lowest BCUT2D eigenvalue weighted by Crippen LogP contribution is -2.48. The number of benzene rings is 1. The number of nitrogens with zero attached hydrogens (tertiary/aromatic N) is 3. The van der Waals surface area contributed by atoms with Crippen molar-refractivity contribution in [1.29, 1.82) is 5.26 Å². The van der Waals surface area contributed by atoms with E-state index in [9.17, 15) is 9.59 Å². The highest BCUT2D eigenvalue weighted by Gasteiger charge is 2.20. The predicted molar refractivity (Wildman–Crippen MR) is 101 cm³/mol. The van der Waals surface area contributed by atoms with Crippen LogP contribution in [0.25, 0.3) is 10.9 Å². The molecule has 1 aliphatic rings. The van der Waals surface area contributed by atoms with E-state index in [1.807, 2.05) is 36.1 Å². The molecule has 1 aliphatic heterocycles. The quantitative estimate of drug-likeness (QED) is 0.890. The molecule has 1 saturated heterocycles. The Hall–Kier alpha value is -2.65. The number of H-pyrrole nitrogens is 1.